The van der Waals surface area contributed by atoms with Crippen molar-refractivity contribution in [2.24, 2.45) is 5.73 Å². The molecule has 0 aliphatic rings. The van der Waals surface area contributed by atoms with Gasteiger partial charge in [-0.3, -0.25) is 5.41 Å². The molecule has 0 radical (unpaired) electrons. The van der Waals surface area contributed by atoms with E-state index in [1.165, 1.54) is 6.07 Å². The number of amidine groups is 1. The first-order chi connectivity index (χ1) is 9.45. The van der Waals surface area contributed by atoms with Crippen LogP contribution in [0, 0.1) is 25.1 Å². The first-order valence-corrected chi connectivity index (χ1v) is 6.29. The van der Waals surface area contributed by atoms with E-state index < -0.39 is 5.82 Å². The highest BCUT2D eigenvalue weighted by molar-refractivity contribution is 5.94. The highest BCUT2D eigenvalue weighted by Gasteiger charge is 2.06. The Balaban J connectivity index is 2.12. The molecule has 0 aromatic heterocycles. The second-order valence-electron chi connectivity index (χ2n) is 4.83. The zero-order valence-electron chi connectivity index (χ0n) is 11.5. The summed E-state index contributed by atoms with van der Waals surface area (Å²) in [6.07, 6.45) is 0. The monoisotopic (exact) mass is 272 g/mol. The third kappa shape index (κ3) is 3.35. The molecule has 2 aromatic rings. The Bertz CT molecular complexity index is 633. The van der Waals surface area contributed by atoms with Gasteiger partial charge in [-0.15, -0.1) is 0 Å². The van der Waals surface area contributed by atoms with Crippen molar-refractivity contribution in [3.05, 3.63) is 64.5 Å². The summed E-state index contributed by atoms with van der Waals surface area (Å²) in [5.74, 6) is 0.158. The lowest BCUT2D eigenvalue weighted by Gasteiger charge is -2.10. The van der Waals surface area contributed by atoms with Gasteiger partial charge in [0.2, 0.25) is 0 Å². The van der Waals surface area contributed by atoms with E-state index >= 15 is 0 Å². The second-order valence-corrected chi connectivity index (χ2v) is 4.83. The molecule has 20 heavy (non-hydrogen) atoms. The average molecular weight is 272 g/mol. The SMILES string of the molecule is Cc1cc(C)cc(OCc2ccc(C(=N)N)cc2F)c1. The Kier molecular flexibility index (Phi) is 4.03. The van der Waals surface area contributed by atoms with E-state index in [0.29, 0.717) is 11.1 Å². The highest BCUT2D eigenvalue weighted by atomic mass is 19.1. The lowest BCUT2D eigenvalue weighted by Crippen LogP contribution is -2.12. The van der Waals surface area contributed by atoms with Crippen LogP contribution in [0.2, 0.25) is 0 Å². The smallest absolute Gasteiger partial charge is 0.130 e. The number of nitrogens with two attached hydrogens (primary N) is 1. The van der Waals surface area contributed by atoms with Crippen molar-refractivity contribution in [2.45, 2.75) is 20.5 Å². The first-order valence-electron chi connectivity index (χ1n) is 6.29. The van der Waals surface area contributed by atoms with Crippen molar-refractivity contribution in [3.8, 4) is 5.75 Å². The van der Waals surface area contributed by atoms with Crippen LogP contribution in [0.15, 0.2) is 36.4 Å². The van der Waals surface area contributed by atoms with Crippen LogP contribution in [0.5, 0.6) is 5.75 Å². The predicted octanol–water partition coefficient (Wildman–Crippen LogP) is 3.31. The summed E-state index contributed by atoms with van der Waals surface area (Å²) in [5, 5.41) is 7.27. The summed E-state index contributed by atoms with van der Waals surface area (Å²) in [5.41, 5.74) is 8.34. The van der Waals surface area contributed by atoms with E-state index in [2.05, 4.69) is 6.07 Å². The number of hydrogen-bond donors (Lipinski definition) is 2. The average Bonchev–Trinajstić information content (AvgIpc) is 2.36. The number of aryl methyl sites for hydroxylation is 2. The minimum Gasteiger partial charge on any atom is -0.489 e. The largest absolute Gasteiger partial charge is 0.489 e. The van der Waals surface area contributed by atoms with Crippen LogP contribution in [-0.2, 0) is 6.61 Å². The molecule has 0 amide bonds. The maximum absolute atomic E-state index is 13.8. The molecule has 0 unspecified atom stereocenters. The van der Waals surface area contributed by atoms with Crippen LogP contribution in [0.4, 0.5) is 4.39 Å². The van der Waals surface area contributed by atoms with Crippen molar-refractivity contribution in [1.29, 1.82) is 5.41 Å². The fourth-order valence-electron chi connectivity index (χ4n) is 2.01. The highest BCUT2D eigenvalue weighted by Crippen LogP contribution is 2.19. The minimum atomic E-state index is -0.415. The summed E-state index contributed by atoms with van der Waals surface area (Å²) in [7, 11) is 0. The third-order valence-electron chi connectivity index (χ3n) is 2.95. The van der Waals surface area contributed by atoms with Gasteiger partial charge in [0.15, 0.2) is 0 Å². The van der Waals surface area contributed by atoms with Crippen molar-refractivity contribution < 1.29 is 9.13 Å². The van der Waals surface area contributed by atoms with Crippen LogP contribution < -0.4 is 10.5 Å². The summed E-state index contributed by atoms with van der Waals surface area (Å²) in [4.78, 5) is 0. The Morgan fingerprint density at radius 2 is 1.80 bits per heavy atom. The number of benzene rings is 2. The maximum Gasteiger partial charge on any atom is 0.130 e. The zero-order valence-corrected chi connectivity index (χ0v) is 11.5. The molecule has 0 saturated heterocycles. The molecule has 0 saturated carbocycles. The number of hydrogen-bond acceptors (Lipinski definition) is 2. The Morgan fingerprint density at radius 1 is 1.15 bits per heavy atom. The van der Waals surface area contributed by atoms with Gasteiger partial charge in [0.1, 0.15) is 24.0 Å². The summed E-state index contributed by atoms with van der Waals surface area (Å²) in [6, 6.07) is 10.3. The van der Waals surface area contributed by atoms with E-state index in [0.717, 1.165) is 16.9 Å². The van der Waals surface area contributed by atoms with Gasteiger partial charge in [0.05, 0.1) is 0 Å². The molecule has 0 spiro atoms. The van der Waals surface area contributed by atoms with Crippen LogP contribution in [-0.4, -0.2) is 5.84 Å². The molecule has 4 heteroatoms. The normalized spacial score (nSPS) is 10.3. The number of rotatable bonds is 4. The van der Waals surface area contributed by atoms with Crippen molar-refractivity contribution >= 4 is 5.84 Å². The number of nitrogen functional groups attached to an aromatic ring is 1. The molecule has 104 valence electrons. The fraction of sp³-hybridized carbons (Fsp3) is 0.188. The van der Waals surface area contributed by atoms with E-state index in [-0.39, 0.29) is 12.4 Å². The molecule has 0 bridgehead atoms. The molecule has 2 rings (SSSR count). The third-order valence-corrected chi connectivity index (χ3v) is 2.95. The van der Waals surface area contributed by atoms with Crippen LogP contribution in [0.3, 0.4) is 0 Å². The van der Waals surface area contributed by atoms with Crippen molar-refractivity contribution in [1.82, 2.24) is 0 Å². The van der Waals surface area contributed by atoms with Crippen LogP contribution in [0.25, 0.3) is 0 Å². The standard InChI is InChI=1S/C16H17FN2O/c1-10-5-11(2)7-14(6-10)20-9-13-4-3-12(16(18)19)8-15(13)17/h3-8H,9H2,1-2H3,(H3,18,19). The molecule has 0 fully saturated rings. The van der Waals surface area contributed by atoms with Gasteiger partial charge in [-0.1, -0.05) is 18.2 Å². The topological polar surface area (TPSA) is 59.1 Å². The molecule has 3 N–H and O–H groups in total. The molecule has 0 heterocycles. The fourth-order valence-corrected chi connectivity index (χ4v) is 2.01. The Hall–Kier alpha value is -2.36. The second kappa shape index (κ2) is 5.74. The van der Waals surface area contributed by atoms with Gasteiger partial charge in [0, 0.05) is 11.1 Å². The summed E-state index contributed by atoms with van der Waals surface area (Å²) >= 11 is 0. The first kappa shape index (κ1) is 14.1. The Labute approximate surface area is 117 Å². The lowest BCUT2D eigenvalue weighted by molar-refractivity contribution is 0.299. The van der Waals surface area contributed by atoms with E-state index in [9.17, 15) is 4.39 Å². The zero-order chi connectivity index (χ0) is 14.7. The van der Waals surface area contributed by atoms with Crippen molar-refractivity contribution in [2.75, 3.05) is 0 Å². The maximum atomic E-state index is 13.8. The van der Waals surface area contributed by atoms with E-state index in [4.69, 9.17) is 15.9 Å². The van der Waals surface area contributed by atoms with E-state index in [1.807, 2.05) is 26.0 Å². The molecular formula is C16H17FN2O. The molecule has 0 aliphatic carbocycles. The molecule has 0 aliphatic heterocycles. The number of nitrogens with one attached hydrogen (secondary N) is 1. The van der Waals surface area contributed by atoms with Gasteiger partial charge in [-0.05, 0) is 43.2 Å². The number of halogens is 1. The van der Waals surface area contributed by atoms with Gasteiger partial charge in [-0.25, -0.2) is 4.39 Å². The van der Waals surface area contributed by atoms with Gasteiger partial charge in [0.25, 0.3) is 0 Å². The quantitative estimate of drug-likeness (QED) is 0.662. The minimum absolute atomic E-state index is 0.146. The number of ether oxygens (including phenoxy) is 1. The predicted molar refractivity (Wildman–Crippen MR) is 77.7 cm³/mol. The van der Waals surface area contributed by atoms with Gasteiger partial charge >= 0.3 is 0 Å². The van der Waals surface area contributed by atoms with Crippen LogP contribution in [0.1, 0.15) is 22.3 Å². The van der Waals surface area contributed by atoms with E-state index in [1.54, 1.807) is 12.1 Å². The van der Waals surface area contributed by atoms with Crippen LogP contribution >= 0.6 is 0 Å². The van der Waals surface area contributed by atoms with Gasteiger partial charge < -0.3 is 10.5 Å². The Morgan fingerprint density at radius 3 is 2.35 bits per heavy atom. The lowest BCUT2D eigenvalue weighted by atomic mass is 10.1. The molecular weight excluding hydrogens is 255 g/mol. The molecule has 2 aromatic carbocycles. The summed E-state index contributed by atoms with van der Waals surface area (Å²) < 4.78 is 19.4. The molecule has 3 nitrogen and oxygen atoms in total. The summed E-state index contributed by atoms with van der Waals surface area (Å²) in [6.45, 7) is 4.12. The van der Waals surface area contributed by atoms with Gasteiger partial charge in [-0.2, -0.15) is 0 Å². The molecule has 0 atom stereocenters. The van der Waals surface area contributed by atoms with Crippen molar-refractivity contribution in [3.63, 3.8) is 0 Å².